The third-order valence-corrected chi connectivity index (χ3v) is 4.71. The number of hydrogen-bond donors (Lipinski definition) is 1. The summed E-state index contributed by atoms with van der Waals surface area (Å²) in [6, 6.07) is 0. The molecule has 0 radical (unpaired) electrons. The Morgan fingerprint density at radius 2 is 1.91 bits per heavy atom. The fraction of sp³-hybridized carbons (Fsp3) is 0.688. The normalized spacial score (nSPS) is 30.7. The number of rotatable bonds is 5. The summed E-state index contributed by atoms with van der Waals surface area (Å²) in [5.74, 6) is -0.804. The third kappa shape index (κ3) is 3.06. The lowest BCUT2D eigenvalue weighted by Gasteiger charge is -2.15. The van der Waals surface area contributed by atoms with Gasteiger partial charge < -0.3 is 10.1 Å². The van der Waals surface area contributed by atoms with Crippen LogP contribution in [0.15, 0.2) is 12.2 Å². The number of nitrogens with one attached hydrogen (secondary N) is 1. The number of amides is 3. The first-order valence-electron chi connectivity index (χ1n) is 8.05. The molecule has 0 aromatic carbocycles. The number of imide groups is 1. The Morgan fingerprint density at radius 3 is 2.50 bits per heavy atom. The monoisotopic (exact) mass is 306 g/mol. The molecular formula is C16H22N2O4. The summed E-state index contributed by atoms with van der Waals surface area (Å²) in [4.78, 5) is 37.6. The van der Waals surface area contributed by atoms with Crippen molar-refractivity contribution >= 4 is 17.7 Å². The topological polar surface area (TPSA) is 75.7 Å². The fourth-order valence-corrected chi connectivity index (χ4v) is 3.42. The van der Waals surface area contributed by atoms with Crippen molar-refractivity contribution in [1.82, 2.24) is 10.2 Å². The van der Waals surface area contributed by atoms with Crippen LogP contribution in [-0.4, -0.2) is 48.4 Å². The molecule has 3 aliphatic rings. The zero-order valence-electron chi connectivity index (χ0n) is 12.6. The van der Waals surface area contributed by atoms with Gasteiger partial charge in [0.1, 0.15) is 0 Å². The zero-order chi connectivity index (χ0) is 15.5. The maximum atomic E-state index is 12.2. The van der Waals surface area contributed by atoms with E-state index in [1.54, 1.807) is 0 Å². The Labute approximate surface area is 129 Å². The molecule has 120 valence electrons. The molecule has 3 rings (SSSR count). The minimum atomic E-state index is -0.215. The van der Waals surface area contributed by atoms with Crippen LogP contribution in [0.3, 0.4) is 0 Å². The van der Waals surface area contributed by atoms with Crippen LogP contribution in [0.1, 0.15) is 32.1 Å². The average Bonchev–Trinajstić information content (AvgIpc) is 3.13. The first-order chi connectivity index (χ1) is 10.7. The first-order valence-corrected chi connectivity index (χ1v) is 8.05. The van der Waals surface area contributed by atoms with Gasteiger partial charge in [-0.3, -0.25) is 19.3 Å². The van der Waals surface area contributed by atoms with E-state index in [4.69, 9.17) is 4.74 Å². The molecule has 3 atom stereocenters. The molecule has 2 saturated heterocycles. The van der Waals surface area contributed by atoms with Crippen molar-refractivity contribution in [2.75, 3.05) is 19.7 Å². The van der Waals surface area contributed by atoms with Crippen molar-refractivity contribution in [3.8, 4) is 0 Å². The molecule has 6 heteroatoms. The van der Waals surface area contributed by atoms with Crippen LogP contribution < -0.4 is 5.32 Å². The molecule has 1 N–H and O–H groups in total. The highest BCUT2D eigenvalue weighted by atomic mass is 16.5. The average molecular weight is 306 g/mol. The fourth-order valence-electron chi connectivity index (χ4n) is 3.42. The molecular weight excluding hydrogens is 284 g/mol. The number of hydrogen-bond acceptors (Lipinski definition) is 4. The van der Waals surface area contributed by atoms with E-state index in [1.165, 1.54) is 4.90 Å². The SMILES string of the molecule is O=C(CCN1C(=O)[C@H]2CC=CC[C@@H]2C1=O)NC[C@@H]1CCCO1. The highest BCUT2D eigenvalue weighted by Gasteiger charge is 2.46. The summed E-state index contributed by atoms with van der Waals surface area (Å²) in [7, 11) is 0. The van der Waals surface area contributed by atoms with Gasteiger partial charge in [-0.25, -0.2) is 0 Å². The molecule has 1 aliphatic carbocycles. The van der Waals surface area contributed by atoms with Gasteiger partial charge in [0.05, 0.1) is 17.9 Å². The minimum Gasteiger partial charge on any atom is -0.376 e. The van der Waals surface area contributed by atoms with E-state index in [9.17, 15) is 14.4 Å². The van der Waals surface area contributed by atoms with Crippen LogP contribution >= 0.6 is 0 Å². The Bertz CT molecular complexity index is 470. The molecule has 6 nitrogen and oxygen atoms in total. The van der Waals surface area contributed by atoms with Crippen LogP contribution in [0.2, 0.25) is 0 Å². The van der Waals surface area contributed by atoms with Crippen molar-refractivity contribution < 1.29 is 19.1 Å². The van der Waals surface area contributed by atoms with Gasteiger partial charge in [-0.2, -0.15) is 0 Å². The molecule has 3 amide bonds. The summed E-state index contributed by atoms with van der Waals surface area (Å²) in [6.45, 7) is 1.45. The van der Waals surface area contributed by atoms with E-state index in [2.05, 4.69) is 5.32 Å². The Morgan fingerprint density at radius 1 is 1.23 bits per heavy atom. The summed E-state index contributed by atoms with van der Waals surface area (Å²) in [5, 5.41) is 2.82. The smallest absolute Gasteiger partial charge is 0.233 e. The van der Waals surface area contributed by atoms with Gasteiger partial charge in [-0.15, -0.1) is 0 Å². The molecule has 0 aromatic heterocycles. The maximum Gasteiger partial charge on any atom is 0.233 e. The van der Waals surface area contributed by atoms with Gasteiger partial charge in [0.2, 0.25) is 17.7 Å². The lowest BCUT2D eigenvalue weighted by atomic mass is 9.85. The van der Waals surface area contributed by atoms with Crippen molar-refractivity contribution in [3.63, 3.8) is 0 Å². The van der Waals surface area contributed by atoms with Gasteiger partial charge in [-0.1, -0.05) is 12.2 Å². The number of carbonyl (C=O) groups is 3. The molecule has 0 spiro atoms. The second kappa shape index (κ2) is 6.60. The predicted octanol–water partition coefficient (Wildman–Crippen LogP) is 0.623. The van der Waals surface area contributed by atoms with Gasteiger partial charge in [-0.05, 0) is 25.7 Å². The third-order valence-electron chi connectivity index (χ3n) is 4.71. The summed E-state index contributed by atoms with van der Waals surface area (Å²) < 4.78 is 5.44. The van der Waals surface area contributed by atoms with E-state index < -0.39 is 0 Å². The zero-order valence-corrected chi connectivity index (χ0v) is 12.6. The Kier molecular flexibility index (Phi) is 4.57. The molecule has 0 unspecified atom stereocenters. The number of ether oxygens (including phenoxy) is 1. The molecule has 22 heavy (non-hydrogen) atoms. The van der Waals surface area contributed by atoms with Crippen molar-refractivity contribution in [2.24, 2.45) is 11.8 Å². The molecule has 2 aliphatic heterocycles. The highest BCUT2D eigenvalue weighted by molar-refractivity contribution is 6.05. The number of nitrogens with zero attached hydrogens (tertiary/aromatic N) is 1. The molecule has 0 aromatic rings. The van der Waals surface area contributed by atoms with Crippen LogP contribution in [0, 0.1) is 11.8 Å². The lowest BCUT2D eigenvalue weighted by molar-refractivity contribution is -0.140. The standard InChI is InChI=1S/C16H22N2O4/c19-14(17-10-11-4-3-9-22-11)7-8-18-15(20)12-5-1-2-6-13(12)16(18)21/h1-2,11-13H,3-10H2,(H,17,19)/t11-,12-,13-/m0/s1. The number of allylic oxidation sites excluding steroid dienone is 2. The second-order valence-corrected chi connectivity index (χ2v) is 6.17. The summed E-state index contributed by atoms with van der Waals surface area (Å²) in [6.07, 6.45) is 7.47. The molecule has 0 saturated carbocycles. The highest BCUT2D eigenvalue weighted by Crippen LogP contribution is 2.34. The first kappa shape index (κ1) is 15.2. The van der Waals surface area contributed by atoms with Gasteiger partial charge in [0.15, 0.2) is 0 Å². The van der Waals surface area contributed by atoms with Gasteiger partial charge in [0, 0.05) is 26.1 Å². The Balaban J connectivity index is 1.45. The summed E-state index contributed by atoms with van der Waals surface area (Å²) >= 11 is 0. The quantitative estimate of drug-likeness (QED) is 0.597. The largest absolute Gasteiger partial charge is 0.376 e. The van der Waals surface area contributed by atoms with E-state index in [0.29, 0.717) is 19.4 Å². The van der Waals surface area contributed by atoms with Gasteiger partial charge in [0.25, 0.3) is 0 Å². The number of likely N-dealkylation sites (tertiary alicyclic amines) is 1. The molecule has 0 bridgehead atoms. The van der Waals surface area contributed by atoms with Crippen molar-refractivity contribution in [2.45, 2.75) is 38.2 Å². The van der Waals surface area contributed by atoms with Crippen molar-refractivity contribution in [3.05, 3.63) is 12.2 Å². The molecule has 2 fully saturated rings. The van der Waals surface area contributed by atoms with E-state index >= 15 is 0 Å². The summed E-state index contributed by atoms with van der Waals surface area (Å²) in [5.41, 5.74) is 0. The molecule has 2 heterocycles. The van der Waals surface area contributed by atoms with E-state index in [1.807, 2.05) is 12.2 Å². The Hall–Kier alpha value is -1.69. The number of carbonyl (C=O) groups excluding carboxylic acids is 3. The second-order valence-electron chi connectivity index (χ2n) is 6.17. The van der Waals surface area contributed by atoms with Crippen LogP contribution in [0.5, 0.6) is 0 Å². The minimum absolute atomic E-state index is 0.105. The van der Waals surface area contributed by atoms with E-state index in [-0.39, 0.29) is 48.6 Å². The van der Waals surface area contributed by atoms with Crippen LogP contribution in [0.4, 0.5) is 0 Å². The van der Waals surface area contributed by atoms with Crippen LogP contribution in [-0.2, 0) is 19.1 Å². The van der Waals surface area contributed by atoms with Gasteiger partial charge >= 0.3 is 0 Å². The predicted molar refractivity (Wildman–Crippen MR) is 78.7 cm³/mol. The number of fused-ring (bicyclic) bond motifs is 1. The van der Waals surface area contributed by atoms with Crippen LogP contribution in [0.25, 0.3) is 0 Å². The lowest BCUT2D eigenvalue weighted by Crippen LogP contribution is -2.37. The van der Waals surface area contributed by atoms with E-state index in [0.717, 1.165) is 19.4 Å². The maximum absolute atomic E-state index is 12.2. The van der Waals surface area contributed by atoms with Crippen molar-refractivity contribution in [1.29, 1.82) is 0 Å².